The number of pyridine rings is 1. The Labute approximate surface area is 189 Å². The zero-order valence-corrected chi connectivity index (χ0v) is 19.0. The molecule has 3 heterocycles. The van der Waals surface area contributed by atoms with Gasteiger partial charge in [0.15, 0.2) is 0 Å². The van der Waals surface area contributed by atoms with Crippen LogP contribution >= 0.6 is 0 Å². The van der Waals surface area contributed by atoms with E-state index in [1.54, 1.807) is 24.3 Å². The van der Waals surface area contributed by atoms with E-state index < -0.39 is 10.0 Å². The number of nitrogens with one attached hydrogen (secondary N) is 1. The number of aromatic nitrogens is 1. The number of rotatable bonds is 7. The highest BCUT2D eigenvalue weighted by atomic mass is 32.2. The molecule has 0 bridgehead atoms. The van der Waals surface area contributed by atoms with E-state index in [4.69, 9.17) is 4.74 Å². The minimum Gasteiger partial charge on any atom is -0.379 e. The molecule has 2 aliphatic heterocycles. The van der Waals surface area contributed by atoms with Crippen molar-refractivity contribution in [2.75, 3.05) is 50.7 Å². The third-order valence-electron chi connectivity index (χ3n) is 6.20. The lowest BCUT2D eigenvalue weighted by atomic mass is 9.93. The summed E-state index contributed by atoms with van der Waals surface area (Å²) < 4.78 is 33.0. The van der Waals surface area contributed by atoms with Gasteiger partial charge in [-0.2, -0.15) is 0 Å². The predicted octanol–water partition coefficient (Wildman–Crippen LogP) is 2.46. The number of hydrogen-bond acceptors (Lipinski definition) is 6. The van der Waals surface area contributed by atoms with Crippen LogP contribution in [0.1, 0.15) is 29.6 Å². The molecule has 0 spiro atoms. The van der Waals surface area contributed by atoms with Crippen molar-refractivity contribution in [1.82, 2.24) is 14.8 Å². The molecule has 2 aromatic rings. The first-order chi connectivity index (χ1) is 15.5. The Bertz CT molecular complexity index is 984. The molecule has 32 heavy (non-hydrogen) atoms. The van der Waals surface area contributed by atoms with Crippen molar-refractivity contribution in [2.45, 2.75) is 24.2 Å². The maximum Gasteiger partial charge on any atom is 0.261 e. The summed E-state index contributed by atoms with van der Waals surface area (Å²) in [6.07, 6.45) is 6.23. The summed E-state index contributed by atoms with van der Waals surface area (Å²) in [6.45, 7) is 6.28. The van der Waals surface area contributed by atoms with Crippen LogP contribution < -0.4 is 4.72 Å². The van der Waals surface area contributed by atoms with Gasteiger partial charge in [0.05, 0.1) is 23.8 Å². The van der Waals surface area contributed by atoms with Crippen LogP contribution in [0.2, 0.25) is 0 Å². The third-order valence-corrected chi connectivity index (χ3v) is 7.60. The number of morpholine rings is 1. The highest BCUT2D eigenvalue weighted by Crippen LogP contribution is 2.23. The summed E-state index contributed by atoms with van der Waals surface area (Å²) in [5.74, 6) is 0.608. The second-order valence-corrected chi connectivity index (χ2v) is 10.0. The molecule has 1 amide bonds. The second-order valence-electron chi connectivity index (χ2n) is 8.34. The van der Waals surface area contributed by atoms with Crippen molar-refractivity contribution in [3.05, 3.63) is 54.4 Å². The van der Waals surface area contributed by atoms with Gasteiger partial charge in [0, 0.05) is 44.1 Å². The van der Waals surface area contributed by atoms with E-state index in [2.05, 4.69) is 14.6 Å². The van der Waals surface area contributed by atoms with Crippen LogP contribution in [0.4, 0.5) is 5.69 Å². The van der Waals surface area contributed by atoms with Crippen molar-refractivity contribution in [1.29, 1.82) is 0 Å². The lowest BCUT2D eigenvalue weighted by Gasteiger charge is -2.34. The highest BCUT2D eigenvalue weighted by Gasteiger charge is 2.25. The highest BCUT2D eigenvalue weighted by molar-refractivity contribution is 7.92. The average molecular weight is 459 g/mol. The van der Waals surface area contributed by atoms with Gasteiger partial charge in [-0.3, -0.25) is 19.4 Å². The first-order valence-corrected chi connectivity index (χ1v) is 12.6. The molecular weight excluding hydrogens is 428 g/mol. The topological polar surface area (TPSA) is 91.8 Å². The Morgan fingerprint density at radius 1 is 1.00 bits per heavy atom. The molecule has 8 nitrogen and oxygen atoms in total. The lowest BCUT2D eigenvalue weighted by molar-refractivity contribution is 0.0332. The standard InChI is InChI=1S/C23H30N4O4S/c28-23(27-13-8-19(9-14-27)7-12-26-15-17-31-18-16-26)20-1-3-22(4-2-20)32(29,30)25-21-5-10-24-11-6-21/h1-6,10-11,19H,7-9,12-18H2,(H,24,25). The molecule has 2 saturated heterocycles. The number of likely N-dealkylation sites (tertiary alicyclic amines) is 1. The second kappa shape index (κ2) is 10.4. The summed E-state index contributed by atoms with van der Waals surface area (Å²) in [5.41, 5.74) is 0.955. The Hall–Kier alpha value is -2.49. The maximum absolute atomic E-state index is 12.9. The normalized spacial score (nSPS) is 18.4. The van der Waals surface area contributed by atoms with Gasteiger partial charge >= 0.3 is 0 Å². The fourth-order valence-electron chi connectivity index (χ4n) is 4.21. The first-order valence-electron chi connectivity index (χ1n) is 11.1. The number of anilines is 1. The third kappa shape index (κ3) is 5.85. The molecule has 0 aliphatic carbocycles. The fourth-order valence-corrected chi connectivity index (χ4v) is 5.27. The Morgan fingerprint density at radius 3 is 2.31 bits per heavy atom. The minimum atomic E-state index is -3.72. The Balaban J connectivity index is 1.28. The zero-order chi connectivity index (χ0) is 22.4. The molecule has 2 aliphatic rings. The SMILES string of the molecule is O=C(c1ccc(S(=O)(=O)Nc2ccncc2)cc1)N1CCC(CCN2CCOCC2)CC1. The van der Waals surface area contributed by atoms with E-state index in [0.29, 0.717) is 17.2 Å². The van der Waals surface area contributed by atoms with Crippen molar-refractivity contribution >= 4 is 21.6 Å². The molecule has 0 unspecified atom stereocenters. The zero-order valence-electron chi connectivity index (χ0n) is 18.2. The van der Waals surface area contributed by atoms with E-state index >= 15 is 0 Å². The molecule has 1 aromatic heterocycles. The quantitative estimate of drug-likeness (QED) is 0.685. The lowest BCUT2D eigenvalue weighted by Crippen LogP contribution is -2.40. The van der Waals surface area contributed by atoms with Crippen LogP contribution in [0, 0.1) is 5.92 Å². The summed E-state index contributed by atoms with van der Waals surface area (Å²) >= 11 is 0. The van der Waals surface area contributed by atoms with Gasteiger partial charge in [0.1, 0.15) is 0 Å². The van der Waals surface area contributed by atoms with Gasteiger partial charge in [0.2, 0.25) is 0 Å². The van der Waals surface area contributed by atoms with Gasteiger partial charge in [0.25, 0.3) is 15.9 Å². The summed E-state index contributed by atoms with van der Waals surface area (Å²) in [7, 11) is -3.72. The number of ether oxygens (including phenoxy) is 1. The number of nitrogens with zero attached hydrogens (tertiary/aromatic N) is 3. The molecule has 4 rings (SSSR count). The van der Waals surface area contributed by atoms with E-state index in [9.17, 15) is 13.2 Å². The number of carbonyl (C=O) groups excluding carboxylic acids is 1. The van der Waals surface area contributed by atoms with Crippen molar-refractivity contribution in [2.24, 2.45) is 5.92 Å². The van der Waals surface area contributed by atoms with E-state index in [1.165, 1.54) is 30.9 Å². The molecule has 0 saturated carbocycles. The van der Waals surface area contributed by atoms with Crippen molar-refractivity contribution < 1.29 is 17.9 Å². The minimum absolute atomic E-state index is 0.0392. The molecule has 172 valence electrons. The number of piperidine rings is 1. The van der Waals surface area contributed by atoms with Crippen molar-refractivity contribution in [3.63, 3.8) is 0 Å². The van der Waals surface area contributed by atoms with Gasteiger partial charge < -0.3 is 9.64 Å². The van der Waals surface area contributed by atoms with Gasteiger partial charge in [-0.05, 0) is 68.1 Å². The Kier molecular flexibility index (Phi) is 7.39. The largest absolute Gasteiger partial charge is 0.379 e. The molecular formula is C23H30N4O4S. The first kappa shape index (κ1) is 22.7. The summed E-state index contributed by atoms with van der Waals surface area (Å²) in [6, 6.07) is 9.31. The van der Waals surface area contributed by atoms with Gasteiger partial charge in [-0.15, -0.1) is 0 Å². The Morgan fingerprint density at radius 2 is 1.66 bits per heavy atom. The van der Waals surface area contributed by atoms with Crippen LogP contribution in [0.3, 0.4) is 0 Å². The molecule has 0 atom stereocenters. The van der Waals surface area contributed by atoms with Crippen LogP contribution in [0.25, 0.3) is 0 Å². The van der Waals surface area contributed by atoms with E-state index in [-0.39, 0.29) is 10.8 Å². The summed E-state index contributed by atoms with van der Waals surface area (Å²) in [5, 5.41) is 0. The maximum atomic E-state index is 12.9. The van der Waals surface area contributed by atoms with Gasteiger partial charge in [-0.1, -0.05) is 0 Å². The van der Waals surface area contributed by atoms with Crippen LogP contribution in [-0.2, 0) is 14.8 Å². The predicted molar refractivity (Wildman–Crippen MR) is 122 cm³/mol. The molecule has 9 heteroatoms. The average Bonchev–Trinajstić information content (AvgIpc) is 2.84. The van der Waals surface area contributed by atoms with Crippen LogP contribution in [-0.4, -0.2) is 75.0 Å². The number of benzene rings is 1. The van der Waals surface area contributed by atoms with Crippen LogP contribution in [0.5, 0.6) is 0 Å². The molecule has 2 fully saturated rings. The number of hydrogen-bond donors (Lipinski definition) is 1. The van der Waals surface area contributed by atoms with E-state index in [1.807, 2.05) is 4.90 Å². The molecule has 0 radical (unpaired) electrons. The fraction of sp³-hybridized carbons (Fsp3) is 0.478. The van der Waals surface area contributed by atoms with Crippen LogP contribution in [0.15, 0.2) is 53.7 Å². The monoisotopic (exact) mass is 458 g/mol. The summed E-state index contributed by atoms with van der Waals surface area (Å²) in [4.78, 5) is 21.2. The number of amides is 1. The van der Waals surface area contributed by atoms with Gasteiger partial charge in [-0.25, -0.2) is 8.42 Å². The smallest absolute Gasteiger partial charge is 0.261 e. The number of sulfonamides is 1. The molecule has 1 aromatic carbocycles. The molecule has 1 N–H and O–H groups in total. The number of carbonyl (C=O) groups is 1. The van der Waals surface area contributed by atoms with Crippen molar-refractivity contribution in [3.8, 4) is 0 Å². The van der Waals surface area contributed by atoms with E-state index in [0.717, 1.165) is 58.8 Å².